The normalized spacial score (nSPS) is 13.9. The average Bonchev–Trinajstić information content (AvgIpc) is 3.34. The number of rotatable bonds is 5. The van der Waals surface area contributed by atoms with Crippen LogP contribution in [0.3, 0.4) is 0 Å². The van der Waals surface area contributed by atoms with Crippen molar-refractivity contribution in [1.29, 1.82) is 0 Å². The largest absolute Gasteiger partial charge is 0.349 e. The van der Waals surface area contributed by atoms with Crippen molar-refractivity contribution in [2.24, 2.45) is 5.92 Å². The SMILES string of the molecule is CC(C)C(=O)NNC(=O)/C=C/c1ccc(C(=O)NC2CC2)cc1. The summed E-state index contributed by atoms with van der Waals surface area (Å²) in [6.45, 7) is 3.47. The third-order valence-electron chi connectivity index (χ3n) is 3.35. The second-order valence-corrected chi connectivity index (χ2v) is 5.84. The molecule has 0 saturated heterocycles. The Bertz CT molecular complexity index is 616. The van der Waals surface area contributed by atoms with E-state index in [1.54, 1.807) is 44.2 Å². The van der Waals surface area contributed by atoms with Crippen molar-refractivity contribution in [3.63, 3.8) is 0 Å². The summed E-state index contributed by atoms with van der Waals surface area (Å²) >= 11 is 0. The van der Waals surface area contributed by atoms with Crippen molar-refractivity contribution in [2.45, 2.75) is 32.7 Å². The molecule has 6 heteroatoms. The van der Waals surface area contributed by atoms with Crippen LogP contribution in [0.2, 0.25) is 0 Å². The quantitative estimate of drug-likeness (QED) is 0.567. The van der Waals surface area contributed by atoms with Crippen molar-refractivity contribution in [3.05, 3.63) is 41.5 Å². The molecule has 0 unspecified atom stereocenters. The maximum Gasteiger partial charge on any atom is 0.262 e. The van der Waals surface area contributed by atoms with Crippen molar-refractivity contribution in [1.82, 2.24) is 16.2 Å². The minimum Gasteiger partial charge on any atom is -0.349 e. The molecule has 1 aliphatic carbocycles. The maximum absolute atomic E-state index is 11.8. The molecule has 0 radical (unpaired) electrons. The first-order valence-corrected chi connectivity index (χ1v) is 7.64. The molecule has 6 nitrogen and oxygen atoms in total. The molecular formula is C17H21N3O3. The molecule has 0 heterocycles. The first-order chi connectivity index (χ1) is 11.0. The fourth-order valence-electron chi connectivity index (χ4n) is 1.72. The summed E-state index contributed by atoms with van der Waals surface area (Å²) in [5, 5.41) is 2.91. The summed E-state index contributed by atoms with van der Waals surface area (Å²) in [4.78, 5) is 34.7. The van der Waals surface area contributed by atoms with Gasteiger partial charge in [-0.05, 0) is 36.6 Å². The number of hydrogen-bond donors (Lipinski definition) is 3. The predicted octanol–water partition coefficient (Wildman–Crippen LogP) is 1.40. The third kappa shape index (κ3) is 5.58. The van der Waals surface area contributed by atoms with Crippen molar-refractivity contribution < 1.29 is 14.4 Å². The Kier molecular flexibility index (Phi) is 5.51. The summed E-state index contributed by atoms with van der Waals surface area (Å²) in [7, 11) is 0. The summed E-state index contributed by atoms with van der Waals surface area (Å²) in [6.07, 6.45) is 5.03. The molecule has 2 rings (SSSR count). The lowest BCUT2D eigenvalue weighted by Crippen LogP contribution is -2.42. The summed E-state index contributed by atoms with van der Waals surface area (Å²) in [6, 6.07) is 7.29. The number of benzene rings is 1. The Balaban J connectivity index is 1.83. The van der Waals surface area contributed by atoms with Crippen LogP contribution >= 0.6 is 0 Å². The molecule has 1 saturated carbocycles. The fraction of sp³-hybridized carbons (Fsp3) is 0.353. The number of hydrazine groups is 1. The highest BCUT2D eigenvalue weighted by Crippen LogP contribution is 2.19. The molecule has 1 fully saturated rings. The van der Waals surface area contributed by atoms with E-state index in [9.17, 15) is 14.4 Å². The fourth-order valence-corrected chi connectivity index (χ4v) is 1.72. The molecule has 3 N–H and O–H groups in total. The van der Waals surface area contributed by atoms with E-state index < -0.39 is 5.91 Å². The minimum atomic E-state index is -0.422. The summed E-state index contributed by atoms with van der Waals surface area (Å²) in [5.41, 5.74) is 6.02. The molecule has 0 aliphatic heterocycles. The Labute approximate surface area is 135 Å². The van der Waals surface area contributed by atoms with Gasteiger partial charge >= 0.3 is 0 Å². The van der Waals surface area contributed by atoms with Gasteiger partial charge in [0.15, 0.2) is 0 Å². The van der Waals surface area contributed by atoms with Gasteiger partial charge in [-0.15, -0.1) is 0 Å². The topological polar surface area (TPSA) is 87.3 Å². The van der Waals surface area contributed by atoms with Gasteiger partial charge in [0, 0.05) is 23.6 Å². The van der Waals surface area contributed by atoms with E-state index in [0.717, 1.165) is 18.4 Å². The highest BCUT2D eigenvalue weighted by molar-refractivity contribution is 5.95. The van der Waals surface area contributed by atoms with E-state index in [-0.39, 0.29) is 17.7 Å². The van der Waals surface area contributed by atoms with Gasteiger partial charge in [-0.1, -0.05) is 26.0 Å². The van der Waals surface area contributed by atoms with E-state index in [0.29, 0.717) is 11.6 Å². The second kappa shape index (κ2) is 7.58. The van der Waals surface area contributed by atoms with Crippen LogP contribution < -0.4 is 16.2 Å². The number of carbonyl (C=O) groups is 3. The van der Waals surface area contributed by atoms with Gasteiger partial charge < -0.3 is 5.32 Å². The Morgan fingerprint density at radius 1 is 1.09 bits per heavy atom. The van der Waals surface area contributed by atoms with Crippen LogP contribution in [0.4, 0.5) is 0 Å². The van der Waals surface area contributed by atoms with E-state index in [4.69, 9.17) is 0 Å². The lowest BCUT2D eigenvalue weighted by molar-refractivity contribution is -0.128. The average molecular weight is 315 g/mol. The molecule has 122 valence electrons. The zero-order chi connectivity index (χ0) is 16.8. The Morgan fingerprint density at radius 2 is 1.74 bits per heavy atom. The first-order valence-electron chi connectivity index (χ1n) is 7.64. The lowest BCUT2D eigenvalue weighted by atomic mass is 10.1. The number of amides is 3. The smallest absolute Gasteiger partial charge is 0.262 e. The van der Waals surface area contributed by atoms with Gasteiger partial charge in [0.25, 0.3) is 11.8 Å². The number of carbonyl (C=O) groups excluding carboxylic acids is 3. The molecule has 1 aliphatic rings. The standard InChI is InChI=1S/C17H21N3O3/c1-11(2)16(22)20-19-15(21)10-5-12-3-6-13(7-4-12)17(23)18-14-8-9-14/h3-7,10-11,14H,8-9H2,1-2H3,(H,18,23)(H,19,21)(H,20,22)/b10-5+. The third-order valence-corrected chi connectivity index (χ3v) is 3.35. The molecule has 1 aromatic rings. The van der Waals surface area contributed by atoms with Crippen LogP contribution in [0, 0.1) is 5.92 Å². The van der Waals surface area contributed by atoms with Gasteiger partial charge in [-0.3, -0.25) is 25.2 Å². The van der Waals surface area contributed by atoms with E-state index in [1.165, 1.54) is 6.08 Å². The van der Waals surface area contributed by atoms with E-state index in [2.05, 4.69) is 16.2 Å². The Morgan fingerprint density at radius 3 is 2.30 bits per heavy atom. The lowest BCUT2D eigenvalue weighted by Gasteiger charge is -2.07. The van der Waals surface area contributed by atoms with Crippen molar-refractivity contribution in [3.8, 4) is 0 Å². The van der Waals surface area contributed by atoms with E-state index >= 15 is 0 Å². The van der Waals surface area contributed by atoms with Crippen LogP contribution in [0.1, 0.15) is 42.6 Å². The van der Waals surface area contributed by atoms with Crippen LogP contribution in [-0.2, 0) is 9.59 Å². The number of nitrogens with one attached hydrogen (secondary N) is 3. The zero-order valence-electron chi connectivity index (χ0n) is 13.3. The van der Waals surface area contributed by atoms with Crippen molar-refractivity contribution in [2.75, 3.05) is 0 Å². The van der Waals surface area contributed by atoms with Crippen molar-refractivity contribution >= 4 is 23.8 Å². The second-order valence-electron chi connectivity index (χ2n) is 5.84. The van der Waals surface area contributed by atoms with E-state index in [1.807, 2.05) is 0 Å². The maximum atomic E-state index is 11.8. The zero-order valence-corrected chi connectivity index (χ0v) is 13.3. The molecule has 23 heavy (non-hydrogen) atoms. The van der Waals surface area contributed by atoms with Crippen LogP contribution in [0.25, 0.3) is 6.08 Å². The van der Waals surface area contributed by atoms with Gasteiger partial charge in [-0.2, -0.15) is 0 Å². The molecule has 0 atom stereocenters. The molecule has 0 spiro atoms. The number of hydrogen-bond acceptors (Lipinski definition) is 3. The molecular weight excluding hydrogens is 294 g/mol. The summed E-state index contributed by atoms with van der Waals surface area (Å²) in [5.74, 6) is -0.946. The molecule has 0 aromatic heterocycles. The monoisotopic (exact) mass is 315 g/mol. The van der Waals surface area contributed by atoms with Gasteiger partial charge in [0.2, 0.25) is 5.91 Å². The molecule has 0 bridgehead atoms. The first kappa shape index (κ1) is 16.7. The highest BCUT2D eigenvalue weighted by atomic mass is 16.2. The van der Waals surface area contributed by atoms with Gasteiger partial charge in [0.05, 0.1) is 0 Å². The minimum absolute atomic E-state index is 0.0721. The van der Waals surface area contributed by atoms with Crippen LogP contribution in [0.15, 0.2) is 30.3 Å². The van der Waals surface area contributed by atoms with Crippen LogP contribution in [0.5, 0.6) is 0 Å². The summed E-state index contributed by atoms with van der Waals surface area (Å²) < 4.78 is 0. The van der Waals surface area contributed by atoms with Gasteiger partial charge in [-0.25, -0.2) is 0 Å². The van der Waals surface area contributed by atoms with Crippen LogP contribution in [-0.4, -0.2) is 23.8 Å². The molecule has 3 amide bonds. The predicted molar refractivity (Wildman–Crippen MR) is 87.1 cm³/mol. The Hall–Kier alpha value is -2.63. The van der Waals surface area contributed by atoms with Gasteiger partial charge in [0.1, 0.15) is 0 Å². The molecule has 1 aromatic carbocycles. The highest BCUT2D eigenvalue weighted by Gasteiger charge is 2.23.